The fourth-order valence-corrected chi connectivity index (χ4v) is 4.95. The van der Waals surface area contributed by atoms with Gasteiger partial charge in [-0.2, -0.15) is 0 Å². The Morgan fingerprint density at radius 3 is 2.34 bits per heavy atom. The largest absolute Gasteiger partial charge is 0.444 e. The minimum absolute atomic E-state index is 0.0834. The molecule has 164 valence electrons. The number of carbonyl (C=O) groups is 1. The quantitative estimate of drug-likeness (QED) is 0.510. The van der Waals surface area contributed by atoms with Crippen LogP contribution >= 0.6 is 0 Å². The van der Waals surface area contributed by atoms with E-state index in [-0.39, 0.29) is 17.4 Å². The molecule has 0 N–H and O–H groups in total. The van der Waals surface area contributed by atoms with Gasteiger partial charge in [-0.25, -0.2) is 13.2 Å². The lowest BCUT2D eigenvalue weighted by molar-refractivity contribution is 0.146. The van der Waals surface area contributed by atoms with Crippen molar-refractivity contribution >= 4 is 21.6 Å². The van der Waals surface area contributed by atoms with Crippen molar-refractivity contribution in [1.29, 1.82) is 0 Å². The summed E-state index contributed by atoms with van der Waals surface area (Å²) in [6, 6.07) is 23.3. The molecule has 0 aromatic heterocycles. The van der Waals surface area contributed by atoms with Crippen LogP contribution in [0, 0.1) is 6.92 Å². The van der Waals surface area contributed by atoms with Crippen molar-refractivity contribution in [3.8, 4) is 0 Å². The third-order valence-electron chi connectivity index (χ3n) is 5.70. The number of fused-ring (bicyclic) bond motifs is 1. The highest BCUT2D eigenvalue weighted by Crippen LogP contribution is 2.41. The van der Waals surface area contributed by atoms with E-state index in [1.807, 2.05) is 68.4 Å². The molecular formula is C26H25NO4S. The number of aryl methyl sites for hydroxylation is 1. The molecule has 0 spiro atoms. The maximum Gasteiger partial charge on any atom is 0.415 e. The van der Waals surface area contributed by atoms with E-state index in [0.717, 1.165) is 22.4 Å². The molecule has 5 nitrogen and oxygen atoms in total. The molecule has 1 aliphatic heterocycles. The third kappa shape index (κ3) is 4.46. The number of nitrogens with zero attached hydrogens (tertiary/aromatic N) is 1. The Kier molecular flexibility index (Phi) is 6.15. The number of ether oxygens (including phenoxy) is 1. The summed E-state index contributed by atoms with van der Waals surface area (Å²) in [4.78, 5) is 14.9. The maximum atomic E-state index is 13.1. The van der Waals surface area contributed by atoms with Gasteiger partial charge in [0.1, 0.15) is 6.61 Å². The Bertz CT molecular complexity index is 1230. The summed E-state index contributed by atoms with van der Waals surface area (Å²) in [6.07, 6.45) is 1.08. The average molecular weight is 448 g/mol. The van der Waals surface area contributed by atoms with E-state index < -0.39 is 22.0 Å². The second-order valence-electron chi connectivity index (χ2n) is 7.93. The molecule has 4 rings (SSSR count). The normalized spacial score (nSPS) is 18.0. The molecule has 0 saturated carbocycles. The summed E-state index contributed by atoms with van der Waals surface area (Å²) in [5, 5.41) is 1.20. The van der Waals surface area contributed by atoms with Gasteiger partial charge < -0.3 is 4.74 Å². The number of sulfone groups is 1. The summed E-state index contributed by atoms with van der Waals surface area (Å²) < 4.78 is 31.3. The third-order valence-corrected chi connectivity index (χ3v) is 7.15. The molecule has 0 aliphatic carbocycles. The van der Waals surface area contributed by atoms with Crippen molar-refractivity contribution in [2.45, 2.75) is 37.3 Å². The van der Waals surface area contributed by atoms with E-state index >= 15 is 0 Å². The predicted molar refractivity (Wildman–Crippen MR) is 125 cm³/mol. The number of hydrogen-bond donors (Lipinski definition) is 0. The molecular weight excluding hydrogens is 422 g/mol. The zero-order chi connectivity index (χ0) is 22.7. The van der Waals surface area contributed by atoms with Gasteiger partial charge >= 0.3 is 6.09 Å². The van der Waals surface area contributed by atoms with Gasteiger partial charge in [0.15, 0.2) is 9.84 Å². The van der Waals surface area contributed by atoms with Crippen LogP contribution in [-0.4, -0.2) is 20.6 Å². The number of hydrogen-bond acceptors (Lipinski definition) is 4. The van der Waals surface area contributed by atoms with Crippen LogP contribution in [0.15, 0.2) is 95.2 Å². The minimum Gasteiger partial charge on any atom is -0.444 e. The van der Waals surface area contributed by atoms with Gasteiger partial charge in [-0.15, -0.1) is 0 Å². The first-order chi connectivity index (χ1) is 15.4. The van der Waals surface area contributed by atoms with Crippen LogP contribution in [0.25, 0.3) is 0 Å². The van der Waals surface area contributed by atoms with E-state index in [2.05, 4.69) is 0 Å². The van der Waals surface area contributed by atoms with Gasteiger partial charge in [0.2, 0.25) is 0 Å². The van der Waals surface area contributed by atoms with Crippen LogP contribution in [0.4, 0.5) is 10.5 Å². The van der Waals surface area contributed by atoms with Crippen molar-refractivity contribution < 1.29 is 17.9 Å². The standard InChI is InChI=1S/C26H25NO4S/c1-19-12-14-22(15-13-19)32(29,30)17-16-24-20(2)23-10-6-7-11-25(23)27(24)26(28)31-18-21-8-4-3-5-9-21/h3-17,20,24H,18H2,1-2H3/b17-16+. The van der Waals surface area contributed by atoms with Crippen LogP contribution in [-0.2, 0) is 21.2 Å². The number of para-hydroxylation sites is 1. The minimum atomic E-state index is -3.64. The molecule has 2 atom stereocenters. The first-order valence-electron chi connectivity index (χ1n) is 10.5. The summed E-state index contributed by atoms with van der Waals surface area (Å²) >= 11 is 0. The summed E-state index contributed by atoms with van der Waals surface area (Å²) in [5.41, 5.74) is 3.59. The van der Waals surface area contributed by atoms with E-state index in [1.165, 1.54) is 5.41 Å². The fraction of sp³-hybridized carbons (Fsp3) is 0.192. The lowest BCUT2D eigenvalue weighted by Crippen LogP contribution is -2.38. The SMILES string of the molecule is Cc1ccc(S(=O)(=O)/C=C/C2C(C)c3ccccc3N2C(=O)OCc2ccccc2)cc1. The molecule has 2 unspecified atom stereocenters. The Morgan fingerprint density at radius 2 is 1.62 bits per heavy atom. The number of anilines is 1. The van der Waals surface area contributed by atoms with E-state index in [4.69, 9.17) is 4.74 Å². The van der Waals surface area contributed by atoms with Crippen molar-refractivity contribution in [2.75, 3.05) is 4.90 Å². The fourth-order valence-electron chi connectivity index (χ4n) is 3.91. The van der Waals surface area contributed by atoms with Crippen LogP contribution in [0.5, 0.6) is 0 Å². The van der Waals surface area contributed by atoms with Gasteiger partial charge in [-0.05, 0) is 42.3 Å². The molecule has 0 radical (unpaired) electrons. The maximum absolute atomic E-state index is 13.1. The highest BCUT2D eigenvalue weighted by atomic mass is 32.2. The summed E-state index contributed by atoms with van der Waals surface area (Å²) in [7, 11) is -3.64. The molecule has 3 aromatic rings. The number of amides is 1. The highest BCUT2D eigenvalue weighted by Gasteiger charge is 2.39. The zero-order valence-corrected chi connectivity index (χ0v) is 18.8. The lowest BCUT2D eigenvalue weighted by Gasteiger charge is -2.24. The van der Waals surface area contributed by atoms with E-state index in [9.17, 15) is 13.2 Å². The van der Waals surface area contributed by atoms with Crippen LogP contribution in [0.1, 0.15) is 29.5 Å². The van der Waals surface area contributed by atoms with Gasteiger partial charge in [0.25, 0.3) is 0 Å². The topological polar surface area (TPSA) is 63.7 Å². The van der Waals surface area contributed by atoms with Crippen molar-refractivity contribution in [3.05, 3.63) is 107 Å². The number of carbonyl (C=O) groups excluding carboxylic acids is 1. The molecule has 32 heavy (non-hydrogen) atoms. The monoisotopic (exact) mass is 447 g/mol. The second-order valence-corrected chi connectivity index (χ2v) is 9.77. The van der Waals surface area contributed by atoms with E-state index in [0.29, 0.717) is 0 Å². The molecule has 3 aromatic carbocycles. The van der Waals surface area contributed by atoms with Crippen molar-refractivity contribution in [3.63, 3.8) is 0 Å². The Labute approximate surface area is 188 Å². The van der Waals surface area contributed by atoms with Gasteiger partial charge in [-0.1, -0.05) is 73.2 Å². The van der Waals surface area contributed by atoms with Crippen LogP contribution in [0.2, 0.25) is 0 Å². The predicted octanol–water partition coefficient (Wildman–Crippen LogP) is 5.61. The second kappa shape index (κ2) is 9.01. The van der Waals surface area contributed by atoms with Crippen molar-refractivity contribution in [1.82, 2.24) is 0 Å². The molecule has 1 aliphatic rings. The Hall–Kier alpha value is -3.38. The molecule has 0 bridgehead atoms. The van der Waals surface area contributed by atoms with Crippen LogP contribution < -0.4 is 4.90 Å². The van der Waals surface area contributed by atoms with E-state index in [1.54, 1.807) is 35.2 Å². The first kappa shape index (κ1) is 21.8. The Balaban J connectivity index is 1.61. The molecule has 0 fully saturated rings. The van der Waals surface area contributed by atoms with Gasteiger partial charge in [0.05, 0.1) is 16.6 Å². The Morgan fingerprint density at radius 1 is 0.969 bits per heavy atom. The summed E-state index contributed by atoms with van der Waals surface area (Å²) in [5.74, 6) is -0.0834. The molecule has 6 heteroatoms. The smallest absolute Gasteiger partial charge is 0.415 e. The number of rotatable bonds is 5. The van der Waals surface area contributed by atoms with Gasteiger partial charge in [-0.3, -0.25) is 4.90 Å². The van der Waals surface area contributed by atoms with Crippen molar-refractivity contribution in [2.24, 2.45) is 0 Å². The first-order valence-corrected chi connectivity index (χ1v) is 12.0. The lowest BCUT2D eigenvalue weighted by atomic mass is 9.97. The molecule has 1 heterocycles. The number of benzene rings is 3. The summed E-state index contributed by atoms with van der Waals surface area (Å²) in [6.45, 7) is 4.03. The average Bonchev–Trinajstić information content (AvgIpc) is 3.09. The van der Waals surface area contributed by atoms with Crippen LogP contribution in [0.3, 0.4) is 0 Å². The zero-order valence-electron chi connectivity index (χ0n) is 18.0. The molecule has 1 amide bonds. The molecule has 0 saturated heterocycles. The highest BCUT2D eigenvalue weighted by molar-refractivity contribution is 7.94. The van der Waals surface area contributed by atoms with Gasteiger partial charge in [0, 0.05) is 11.3 Å².